The van der Waals surface area contributed by atoms with Crippen LogP contribution in [-0.4, -0.2) is 30.6 Å². The summed E-state index contributed by atoms with van der Waals surface area (Å²) in [5.41, 5.74) is 1.37. The van der Waals surface area contributed by atoms with Gasteiger partial charge in [0, 0.05) is 18.5 Å². The first-order chi connectivity index (χ1) is 11.8. The summed E-state index contributed by atoms with van der Waals surface area (Å²) in [5, 5.41) is 15.3. The predicted molar refractivity (Wildman–Crippen MR) is 84.8 cm³/mol. The summed E-state index contributed by atoms with van der Waals surface area (Å²) in [6.07, 6.45) is 5.55. The molecule has 124 valence electrons. The lowest BCUT2D eigenvalue weighted by atomic mass is 10.2. The molecule has 0 saturated heterocycles. The second kappa shape index (κ2) is 6.03. The van der Waals surface area contributed by atoms with Crippen LogP contribution in [0, 0.1) is 5.92 Å². The second-order valence-corrected chi connectivity index (χ2v) is 5.99. The van der Waals surface area contributed by atoms with E-state index in [1.165, 1.54) is 0 Å². The molecule has 0 unspecified atom stereocenters. The highest BCUT2D eigenvalue weighted by Gasteiger charge is 2.29. The van der Waals surface area contributed by atoms with Crippen molar-refractivity contribution in [1.82, 2.24) is 30.1 Å². The van der Waals surface area contributed by atoms with E-state index in [0.29, 0.717) is 29.7 Å². The number of amides is 1. The molecule has 1 saturated carbocycles. The average molecular weight is 326 g/mol. The molecule has 0 bridgehead atoms. The first-order valence-electron chi connectivity index (χ1n) is 8.19. The normalized spacial score (nSPS) is 14.2. The lowest BCUT2D eigenvalue weighted by Crippen LogP contribution is -2.25. The van der Waals surface area contributed by atoms with Gasteiger partial charge in [0.05, 0.1) is 12.1 Å². The molecule has 3 aromatic heterocycles. The van der Waals surface area contributed by atoms with Crippen molar-refractivity contribution in [2.45, 2.75) is 39.2 Å². The van der Waals surface area contributed by atoms with E-state index in [1.807, 2.05) is 22.7 Å². The number of pyridine rings is 1. The lowest BCUT2D eigenvalue weighted by molar-refractivity contribution is -0.122. The number of aryl methyl sites for hydroxylation is 1. The minimum absolute atomic E-state index is 0.0870. The zero-order valence-corrected chi connectivity index (χ0v) is 13.4. The molecule has 1 aliphatic rings. The lowest BCUT2D eigenvalue weighted by Gasteiger charge is -2.03. The Hall–Kier alpha value is -2.77. The Morgan fingerprint density at radius 3 is 3.08 bits per heavy atom. The highest BCUT2D eigenvalue weighted by atomic mass is 16.5. The standard InChI is InChI=1S/C16H18N6O2/c1-2-4-12-18-16(24-21-12)11-5-3-8-22-13(19-20-14(11)22)9-17-15(23)10-6-7-10/h3,5,8,10H,2,4,6-7,9H2,1H3,(H,17,23). The van der Waals surface area contributed by atoms with Crippen molar-refractivity contribution in [2.24, 2.45) is 5.92 Å². The van der Waals surface area contributed by atoms with Gasteiger partial charge in [0.2, 0.25) is 5.91 Å². The van der Waals surface area contributed by atoms with Crippen molar-refractivity contribution in [3.63, 3.8) is 0 Å². The first kappa shape index (κ1) is 14.8. The summed E-state index contributed by atoms with van der Waals surface area (Å²) < 4.78 is 7.19. The van der Waals surface area contributed by atoms with Crippen LogP contribution in [0.25, 0.3) is 17.1 Å². The first-order valence-corrected chi connectivity index (χ1v) is 8.19. The van der Waals surface area contributed by atoms with Gasteiger partial charge >= 0.3 is 0 Å². The van der Waals surface area contributed by atoms with Gasteiger partial charge in [-0.1, -0.05) is 12.1 Å². The van der Waals surface area contributed by atoms with Crippen LogP contribution in [0.1, 0.15) is 37.8 Å². The largest absolute Gasteiger partial charge is 0.349 e. The predicted octanol–water partition coefficient (Wildman–Crippen LogP) is 1.76. The number of nitrogens with zero attached hydrogens (tertiary/aromatic N) is 5. The molecule has 0 aromatic carbocycles. The van der Waals surface area contributed by atoms with E-state index in [9.17, 15) is 4.79 Å². The number of hydrogen-bond acceptors (Lipinski definition) is 6. The molecule has 1 N–H and O–H groups in total. The maximum Gasteiger partial charge on any atom is 0.261 e. The fourth-order valence-electron chi connectivity index (χ4n) is 2.60. The number of rotatable bonds is 6. The van der Waals surface area contributed by atoms with Gasteiger partial charge < -0.3 is 9.84 Å². The van der Waals surface area contributed by atoms with Gasteiger partial charge in [0.1, 0.15) is 0 Å². The van der Waals surface area contributed by atoms with Crippen LogP contribution in [0.2, 0.25) is 0 Å². The van der Waals surface area contributed by atoms with Crippen LogP contribution >= 0.6 is 0 Å². The molecule has 1 amide bonds. The molecule has 4 rings (SSSR count). The highest BCUT2D eigenvalue weighted by Crippen LogP contribution is 2.29. The molecule has 8 nitrogen and oxygen atoms in total. The van der Waals surface area contributed by atoms with E-state index in [2.05, 4.69) is 32.6 Å². The quantitative estimate of drug-likeness (QED) is 0.741. The SMILES string of the molecule is CCCc1noc(-c2cccn3c(CNC(=O)C4CC4)nnc23)n1. The van der Waals surface area contributed by atoms with Crippen LogP contribution in [0.4, 0.5) is 0 Å². The summed E-state index contributed by atoms with van der Waals surface area (Å²) in [6, 6.07) is 3.75. The Bertz CT molecular complexity index is 880. The van der Waals surface area contributed by atoms with E-state index in [1.54, 1.807) is 0 Å². The van der Waals surface area contributed by atoms with Gasteiger partial charge in [-0.05, 0) is 31.4 Å². The van der Waals surface area contributed by atoms with E-state index in [0.717, 1.165) is 31.2 Å². The Labute approximate surface area is 138 Å². The van der Waals surface area contributed by atoms with Gasteiger partial charge in [0.25, 0.3) is 5.89 Å². The zero-order valence-electron chi connectivity index (χ0n) is 13.4. The third kappa shape index (κ3) is 2.75. The monoisotopic (exact) mass is 326 g/mol. The molecule has 0 atom stereocenters. The molecule has 3 aromatic rings. The van der Waals surface area contributed by atoms with Gasteiger partial charge in [0.15, 0.2) is 17.3 Å². The maximum atomic E-state index is 11.8. The third-order valence-electron chi connectivity index (χ3n) is 4.05. The van der Waals surface area contributed by atoms with E-state index >= 15 is 0 Å². The molecule has 1 aliphatic carbocycles. The van der Waals surface area contributed by atoms with Crippen LogP contribution in [0.5, 0.6) is 0 Å². The number of fused-ring (bicyclic) bond motifs is 1. The summed E-state index contributed by atoms with van der Waals surface area (Å²) in [5.74, 6) is 2.06. The van der Waals surface area contributed by atoms with Crippen LogP contribution in [0.3, 0.4) is 0 Å². The Morgan fingerprint density at radius 1 is 1.42 bits per heavy atom. The van der Waals surface area contributed by atoms with Crippen LogP contribution in [-0.2, 0) is 17.8 Å². The molecule has 1 fully saturated rings. The summed E-state index contributed by atoms with van der Waals surface area (Å²) in [6.45, 7) is 2.42. The minimum atomic E-state index is 0.0870. The Morgan fingerprint density at radius 2 is 2.29 bits per heavy atom. The van der Waals surface area contributed by atoms with Crippen molar-refractivity contribution in [3.05, 3.63) is 30.0 Å². The van der Waals surface area contributed by atoms with E-state index in [4.69, 9.17) is 4.52 Å². The Balaban J connectivity index is 1.61. The number of nitrogens with one attached hydrogen (secondary N) is 1. The fraction of sp³-hybridized carbons (Fsp3) is 0.438. The number of carbonyl (C=O) groups excluding carboxylic acids is 1. The molecular weight excluding hydrogens is 308 g/mol. The number of hydrogen-bond donors (Lipinski definition) is 1. The van der Waals surface area contributed by atoms with Crippen molar-refractivity contribution in [2.75, 3.05) is 0 Å². The van der Waals surface area contributed by atoms with Crippen LogP contribution < -0.4 is 5.32 Å². The Kier molecular flexibility index (Phi) is 3.72. The van der Waals surface area contributed by atoms with Crippen LogP contribution in [0.15, 0.2) is 22.9 Å². The summed E-state index contributed by atoms with van der Waals surface area (Å²) >= 11 is 0. The smallest absolute Gasteiger partial charge is 0.261 e. The summed E-state index contributed by atoms with van der Waals surface area (Å²) in [4.78, 5) is 16.2. The van der Waals surface area contributed by atoms with Gasteiger partial charge in [-0.3, -0.25) is 9.20 Å². The second-order valence-electron chi connectivity index (χ2n) is 5.99. The molecule has 8 heteroatoms. The summed E-state index contributed by atoms with van der Waals surface area (Å²) in [7, 11) is 0. The topological polar surface area (TPSA) is 98.2 Å². The van der Waals surface area contributed by atoms with Crippen molar-refractivity contribution in [1.29, 1.82) is 0 Å². The van der Waals surface area contributed by atoms with Crippen molar-refractivity contribution < 1.29 is 9.32 Å². The molecule has 0 radical (unpaired) electrons. The van der Waals surface area contributed by atoms with Gasteiger partial charge in [-0.15, -0.1) is 10.2 Å². The maximum absolute atomic E-state index is 11.8. The highest BCUT2D eigenvalue weighted by molar-refractivity contribution is 5.80. The molecule has 0 spiro atoms. The zero-order chi connectivity index (χ0) is 16.5. The van der Waals surface area contributed by atoms with Gasteiger partial charge in [-0.2, -0.15) is 4.98 Å². The van der Waals surface area contributed by atoms with Crippen molar-refractivity contribution in [3.8, 4) is 11.5 Å². The molecule has 0 aliphatic heterocycles. The van der Waals surface area contributed by atoms with E-state index < -0.39 is 0 Å². The molecule has 24 heavy (non-hydrogen) atoms. The minimum Gasteiger partial charge on any atom is -0.349 e. The van der Waals surface area contributed by atoms with E-state index in [-0.39, 0.29) is 11.8 Å². The average Bonchev–Trinajstić information content (AvgIpc) is 3.21. The third-order valence-corrected chi connectivity index (χ3v) is 4.05. The number of aromatic nitrogens is 5. The number of carbonyl (C=O) groups is 1. The van der Waals surface area contributed by atoms with Gasteiger partial charge in [-0.25, -0.2) is 0 Å². The fourth-order valence-corrected chi connectivity index (χ4v) is 2.60. The molecule has 3 heterocycles. The molecular formula is C16H18N6O2. The van der Waals surface area contributed by atoms with Crippen molar-refractivity contribution >= 4 is 11.6 Å².